The molecule has 28 heavy (non-hydrogen) atoms. The van der Waals surface area contributed by atoms with Crippen molar-refractivity contribution >= 4 is 11.6 Å². The zero-order chi connectivity index (χ0) is 19.3. The highest BCUT2D eigenvalue weighted by atomic mass is 16.1. The van der Waals surface area contributed by atoms with Crippen molar-refractivity contribution < 1.29 is 4.79 Å². The van der Waals surface area contributed by atoms with Crippen LogP contribution in [0.1, 0.15) is 30.0 Å². The van der Waals surface area contributed by atoms with Crippen molar-refractivity contribution in [2.45, 2.75) is 25.4 Å². The fourth-order valence-corrected chi connectivity index (χ4v) is 2.86. The highest BCUT2D eigenvalue weighted by Crippen LogP contribution is 2.36. The number of nitriles is 1. The molecule has 1 aromatic heterocycles. The summed E-state index contributed by atoms with van der Waals surface area (Å²) in [6, 6.07) is 17.3. The minimum atomic E-state index is -0.113. The molecular formula is C20H19N7O. The predicted octanol–water partition coefficient (Wildman–Crippen LogP) is 2.27. The van der Waals surface area contributed by atoms with Gasteiger partial charge in [-0.25, -0.2) is 4.68 Å². The Balaban J connectivity index is 1.32. The molecule has 0 spiro atoms. The van der Waals surface area contributed by atoms with E-state index in [1.807, 2.05) is 41.1 Å². The van der Waals surface area contributed by atoms with Gasteiger partial charge in [-0.3, -0.25) is 4.79 Å². The smallest absolute Gasteiger partial charge is 0.239 e. The number of hydrogen-bond donors (Lipinski definition) is 2. The lowest BCUT2D eigenvalue weighted by Crippen LogP contribution is -2.29. The van der Waals surface area contributed by atoms with Crippen molar-refractivity contribution in [1.29, 1.82) is 5.26 Å². The first kappa shape index (κ1) is 17.7. The molecule has 8 nitrogen and oxygen atoms in total. The summed E-state index contributed by atoms with van der Waals surface area (Å²) in [5.74, 6) is 0.633. The molecule has 0 unspecified atom stereocenters. The van der Waals surface area contributed by atoms with Crippen LogP contribution in [0.4, 0.5) is 5.69 Å². The molecule has 4 rings (SSSR count). The van der Waals surface area contributed by atoms with Crippen molar-refractivity contribution in [1.82, 2.24) is 25.5 Å². The van der Waals surface area contributed by atoms with Crippen LogP contribution < -0.4 is 10.6 Å². The van der Waals surface area contributed by atoms with Crippen LogP contribution >= 0.6 is 0 Å². The van der Waals surface area contributed by atoms with Crippen molar-refractivity contribution in [3.05, 3.63) is 59.7 Å². The van der Waals surface area contributed by atoms with Crippen molar-refractivity contribution in [3.8, 4) is 17.5 Å². The number of carbonyl (C=O) groups excluding carboxylic acids is 1. The van der Waals surface area contributed by atoms with Gasteiger partial charge in [-0.1, -0.05) is 24.3 Å². The molecule has 1 aliphatic carbocycles. The van der Waals surface area contributed by atoms with Gasteiger partial charge in [-0.2, -0.15) is 5.26 Å². The fraction of sp³-hybridized carbons (Fsp3) is 0.250. The van der Waals surface area contributed by atoms with Gasteiger partial charge in [0.05, 0.1) is 24.2 Å². The zero-order valence-corrected chi connectivity index (χ0v) is 15.2. The van der Waals surface area contributed by atoms with Crippen LogP contribution in [0, 0.1) is 11.3 Å². The maximum Gasteiger partial charge on any atom is 0.239 e. The molecule has 0 atom stereocenters. The van der Waals surface area contributed by atoms with Crippen LogP contribution in [0.25, 0.3) is 11.4 Å². The van der Waals surface area contributed by atoms with Gasteiger partial charge in [0.1, 0.15) is 0 Å². The topological polar surface area (TPSA) is 109 Å². The van der Waals surface area contributed by atoms with Gasteiger partial charge in [0.15, 0.2) is 5.82 Å². The Labute approximate surface area is 162 Å². The number of anilines is 1. The number of nitrogens with zero attached hydrogens (tertiary/aromatic N) is 5. The van der Waals surface area contributed by atoms with Crippen molar-refractivity contribution in [3.63, 3.8) is 0 Å². The van der Waals surface area contributed by atoms with Gasteiger partial charge in [-0.15, -0.1) is 5.10 Å². The van der Waals surface area contributed by atoms with Crippen LogP contribution in [0.2, 0.25) is 0 Å². The number of tetrazole rings is 1. The summed E-state index contributed by atoms with van der Waals surface area (Å²) in [6.07, 6.45) is 2.21. The largest absolute Gasteiger partial charge is 0.376 e. The van der Waals surface area contributed by atoms with Crippen molar-refractivity contribution in [2.75, 3.05) is 11.9 Å². The lowest BCUT2D eigenvalue weighted by atomic mass is 10.1. The second-order valence-corrected chi connectivity index (χ2v) is 6.70. The first-order valence-corrected chi connectivity index (χ1v) is 9.11. The van der Waals surface area contributed by atoms with E-state index in [1.165, 1.54) is 0 Å². The van der Waals surface area contributed by atoms with Crippen molar-refractivity contribution in [2.24, 2.45) is 0 Å². The standard InChI is InChI=1S/C20H19N7O/c21-11-14-4-6-15(7-5-14)12-23-19(28)13-22-17-3-1-2-16(10-17)20-24-25-26-27(20)18-8-9-18/h1-7,10,18,22H,8-9,12-13H2,(H,23,28). The molecule has 8 heteroatoms. The molecule has 2 N–H and O–H groups in total. The summed E-state index contributed by atoms with van der Waals surface area (Å²) in [6.45, 7) is 0.579. The van der Waals surface area contributed by atoms with Crippen LogP contribution in [0.5, 0.6) is 0 Å². The van der Waals surface area contributed by atoms with Gasteiger partial charge < -0.3 is 10.6 Å². The van der Waals surface area contributed by atoms with Gasteiger partial charge >= 0.3 is 0 Å². The number of hydrogen-bond acceptors (Lipinski definition) is 6. The predicted molar refractivity (Wildman–Crippen MR) is 103 cm³/mol. The molecule has 2 aromatic carbocycles. The minimum Gasteiger partial charge on any atom is -0.376 e. The first-order valence-electron chi connectivity index (χ1n) is 9.11. The lowest BCUT2D eigenvalue weighted by Gasteiger charge is -2.09. The van der Waals surface area contributed by atoms with Crippen LogP contribution in [0.3, 0.4) is 0 Å². The number of benzene rings is 2. The number of rotatable bonds is 7. The van der Waals surface area contributed by atoms with E-state index in [9.17, 15) is 4.79 Å². The molecule has 0 aliphatic heterocycles. The quantitative estimate of drug-likeness (QED) is 0.658. The van der Waals surface area contributed by atoms with E-state index in [1.54, 1.807) is 12.1 Å². The van der Waals surface area contributed by atoms with E-state index in [0.717, 1.165) is 35.5 Å². The molecule has 0 saturated heterocycles. The van der Waals surface area contributed by atoms with Gasteiger partial charge in [0, 0.05) is 17.8 Å². The van der Waals surface area contributed by atoms with Gasteiger partial charge in [-0.05, 0) is 53.1 Å². The number of nitrogens with one attached hydrogen (secondary N) is 2. The molecule has 1 heterocycles. The Morgan fingerprint density at radius 3 is 2.79 bits per heavy atom. The third-order valence-corrected chi connectivity index (χ3v) is 4.53. The molecule has 1 amide bonds. The minimum absolute atomic E-state index is 0.113. The molecule has 1 fully saturated rings. The number of aromatic nitrogens is 4. The lowest BCUT2D eigenvalue weighted by molar-refractivity contribution is -0.119. The SMILES string of the molecule is N#Cc1ccc(CNC(=O)CNc2cccc(-c3nnnn3C3CC3)c2)cc1. The second kappa shape index (κ2) is 7.88. The summed E-state index contributed by atoms with van der Waals surface area (Å²) in [7, 11) is 0. The molecule has 0 radical (unpaired) electrons. The highest BCUT2D eigenvalue weighted by molar-refractivity contribution is 5.81. The van der Waals surface area contributed by atoms with E-state index < -0.39 is 0 Å². The Bertz CT molecular complexity index is 1020. The summed E-state index contributed by atoms with van der Waals surface area (Å²) in [5, 5.41) is 26.8. The average molecular weight is 373 g/mol. The third-order valence-electron chi connectivity index (χ3n) is 4.53. The first-order chi connectivity index (χ1) is 13.7. The third kappa shape index (κ3) is 4.15. The van der Waals surface area contributed by atoms with E-state index >= 15 is 0 Å². The maximum atomic E-state index is 12.1. The van der Waals surface area contributed by atoms with E-state index in [2.05, 4.69) is 32.2 Å². The van der Waals surface area contributed by atoms with Crippen LogP contribution in [-0.2, 0) is 11.3 Å². The molecule has 1 aliphatic rings. The molecular weight excluding hydrogens is 354 g/mol. The summed E-state index contributed by atoms with van der Waals surface area (Å²) < 4.78 is 1.86. The number of carbonyl (C=O) groups is 1. The monoisotopic (exact) mass is 373 g/mol. The Hall–Kier alpha value is -3.73. The molecule has 3 aromatic rings. The summed E-state index contributed by atoms with van der Waals surface area (Å²) >= 11 is 0. The summed E-state index contributed by atoms with van der Waals surface area (Å²) in [4.78, 5) is 12.1. The van der Waals surface area contributed by atoms with Gasteiger partial charge in [0.2, 0.25) is 5.91 Å². The molecule has 140 valence electrons. The van der Waals surface area contributed by atoms with E-state index in [-0.39, 0.29) is 12.5 Å². The van der Waals surface area contributed by atoms with Crippen LogP contribution in [0.15, 0.2) is 48.5 Å². The van der Waals surface area contributed by atoms with E-state index in [4.69, 9.17) is 5.26 Å². The Kier molecular flexibility index (Phi) is 4.97. The normalized spacial score (nSPS) is 13.0. The summed E-state index contributed by atoms with van der Waals surface area (Å²) in [5.41, 5.74) is 3.29. The van der Waals surface area contributed by atoms with Gasteiger partial charge in [0.25, 0.3) is 0 Å². The Morgan fingerprint density at radius 1 is 1.21 bits per heavy atom. The number of amides is 1. The second-order valence-electron chi connectivity index (χ2n) is 6.70. The fourth-order valence-electron chi connectivity index (χ4n) is 2.86. The highest BCUT2D eigenvalue weighted by Gasteiger charge is 2.28. The zero-order valence-electron chi connectivity index (χ0n) is 15.2. The average Bonchev–Trinajstić information content (AvgIpc) is 3.47. The Morgan fingerprint density at radius 2 is 2.04 bits per heavy atom. The van der Waals surface area contributed by atoms with E-state index in [0.29, 0.717) is 18.2 Å². The maximum absolute atomic E-state index is 12.1. The molecule has 0 bridgehead atoms. The molecule has 1 saturated carbocycles. The van der Waals surface area contributed by atoms with Crippen LogP contribution in [-0.4, -0.2) is 32.7 Å².